The first-order valence-corrected chi connectivity index (χ1v) is 47.6. The Balaban J connectivity index is 0.0000000958. The molecule has 0 bridgehead atoms. The number of benzene rings is 20. The molecule has 0 radical (unpaired) electrons. The van der Waals surface area contributed by atoms with Gasteiger partial charge in [0.05, 0.1) is 99.3 Å². The highest BCUT2D eigenvalue weighted by Crippen LogP contribution is 2.43. The Kier molecular flexibility index (Phi) is 19.8. The molecule has 0 aliphatic rings. The van der Waals surface area contributed by atoms with Crippen molar-refractivity contribution in [2.24, 2.45) is 0 Å². The number of fused-ring (bicyclic) bond motifs is 24. The summed E-state index contributed by atoms with van der Waals surface area (Å²) in [5.41, 5.74) is 33.9. The Morgan fingerprint density at radius 3 is 0.887 bits per heavy atom. The summed E-state index contributed by atoms with van der Waals surface area (Å²) in [5, 5.41) is 4.96. The van der Waals surface area contributed by atoms with Gasteiger partial charge in [0.1, 0.15) is 0 Å². The highest BCUT2D eigenvalue weighted by atomic mass is 15.3. The second kappa shape index (κ2) is 34.3. The molecule has 30 rings (SSSR count). The first-order valence-electron chi connectivity index (χ1n) is 47.6. The summed E-state index contributed by atoms with van der Waals surface area (Å²) >= 11 is 0. The molecule has 0 atom stereocenters. The highest BCUT2D eigenvalue weighted by molar-refractivity contribution is 6.11. The van der Waals surface area contributed by atoms with Crippen molar-refractivity contribution < 1.29 is 0 Å². The number of hydrogen-bond acceptors (Lipinski definition) is 8. The lowest BCUT2D eigenvalue weighted by Gasteiger charge is -2.25. The monoisotopic (exact) mass is 1820 g/mol. The summed E-state index contributed by atoms with van der Waals surface area (Å²) in [6.07, 6.45) is 0. The fraction of sp³-hybridized carbons (Fsp3) is 0. The summed E-state index contributed by atoms with van der Waals surface area (Å²) in [6, 6.07) is 175. The van der Waals surface area contributed by atoms with E-state index in [0.29, 0.717) is 17.6 Å². The highest BCUT2D eigenvalue weighted by Gasteiger charge is 2.27. The molecule has 0 saturated heterocycles. The molecule has 17 heteroatoms. The number of imidazole rings is 8. The van der Waals surface area contributed by atoms with Crippen LogP contribution in [0.3, 0.4) is 0 Å². The van der Waals surface area contributed by atoms with E-state index in [0.717, 1.165) is 168 Å². The molecule has 17 nitrogen and oxygen atoms in total. The fourth-order valence-corrected chi connectivity index (χ4v) is 20.6. The van der Waals surface area contributed by atoms with Crippen LogP contribution in [-0.2, 0) is 0 Å². The van der Waals surface area contributed by atoms with Gasteiger partial charge in [0.15, 0.2) is 11.6 Å². The minimum absolute atomic E-state index is 0.525. The molecule has 0 amide bonds. The van der Waals surface area contributed by atoms with Crippen molar-refractivity contribution in [2.45, 2.75) is 0 Å². The van der Waals surface area contributed by atoms with Gasteiger partial charge in [-0.3, -0.25) is 31.3 Å². The van der Waals surface area contributed by atoms with Crippen molar-refractivity contribution >= 4 is 161 Å². The van der Waals surface area contributed by atoms with Crippen LogP contribution < -0.4 is 4.90 Å². The normalized spacial score (nSPS) is 11.7. The Morgan fingerprint density at radius 1 is 0.155 bits per heavy atom. The maximum atomic E-state index is 5.19. The van der Waals surface area contributed by atoms with Crippen molar-refractivity contribution in [1.29, 1.82) is 0 Å². The van der Waals surface area contributed by atoms with Gasteiger partial charge in [-0.25, -0.2) is 29.5 Å². The van der Waals surface area contributed by atoms with Gasteiger partial charge in [-0.15, -0.1) is 0 Å². The predicted molar refractivity (Wildman–Crippen MR) is 580 cm³/mol. The molecule has 142 heavy (non-hydrogen) atoms. The van der Waals surface area contributed by atoms with E-state index in [1.165, 1.54) is 49.3 Å². The predicted octanol–water partition coefficient (Wildman–Crippen LogP) is 30.3. The van der Waals surface area contributed by atoms with Gasteiger partial charge in [0.2, 0.25) is 29.1 Å². The Labute approximate surface area is 813 Å². The first-order chi connectivity index (χ1) is 70.5. The SMILES string of the molecule is c1ccc(-c2ccc3c(c2)nc2n(-c4nc(-c5ccccc5)nc(-c5ccccc5)n4)c4ccccc4n32)cc1.c1ccc(-n2c3ccccc3c3cc(-c4ccc5c(c4)nc4n(-c6ccccc6)c6ccccc6n54)ccc32)cc1.c1ccc(-n2c3ccccc3n3c4cc5ccccc5cc4nc23)cc1.c1ccc(N(c2ccccc2)c2ccc3c(c2)nc2n(-c4ccccc4)c4ccccc4n32)cc1. The van der Waals surface area contributed by atoms with Crippen LogP contribution in [-0.4, -0.2) is 75.3 Å². The van der Waals surface area contributed by atoms with Gasteiger partial charge >= 0.3 is 0 Å². The molecule has 0 spiro atoms. The van der Waals surface area contributed by atoms with E-state index in [4.69, 9.17) is 34.9 Å². The summed E-state index contributed by atoms with van der Waals surface area (Å²) in [7, 11) is 0. The van der Waals surface area contributed by atoms with E-state index in [1.807, 2.05) is 102 Å². The van der Waals surface area contributed by atoms with E-state index in [2.05, 4.69) is 447 Å². The third kappa shape index (κ3) is 14.0. The van der Waals surface area contributed by atoms with Gasteiger partial charge < -0.3 is 9.47 Å². The summed E-state index contributed by atoms with van der Waals surface area (Å²) < 4.78 is 20.1. The van der Waals surface area contributed by atoms with Gasteiger partial charge in [0, 0.05) is 61.7 Å². The third-order valence-electron chi connectivity index (χ3n) is 27.0. The maximum Gasteiger partial charge on any atom is 0.241 e. The van der Waals surface area contributed by atoms with Crippen LogP contribution >= 0.6 is 0 Å². The lowest BCUT2D eigenvalue weighted by Crippen LogP contribution is -2.09. The van der Waals surface area contributed by atoms with Gasteiger partial charge in [-0.05, 0) is 227 Å². The van der Waals surface area contributed by atoms with Gasteiger partial charge in [-0.2, -0.15) is 9.97 Å². The number of hydrogen-bond donors (Lipinski definition) is 0. The largest absolute Gasteiger partial charge is 0.310 e. The number of para-hydroxylation sites is 15. The average Bonchev–Trinajstić information content (AvgIpc) is 1.57. The van der Waals surface area contributed by atoms with Crippen LogP contribution in [0.1, 0.15) is 0 Å². The number of anilines is 3. The van der Waals surface area contributed by atoms with Crippen LogP contribution in [0.4, 0.5) is 17.1 Å². The molecule has 10 heterocycles. The molecule has 0 fully saturated rings. The van der Waals surface area contributed by atoms with Crippen LogP contribution in [0.2, 0.25) is 0 Å². The average molecular weight is 1820 g/mol. The Hall–Kier alpha value is -19.7. The van der Waals surface area contributed by atoms with Gasteiger partial charge in [-0.1, -0.05) is 309 Å². The van der Waals surface area contributed by atoms with Gasteiger partial charge in [0.25, 0.3) is 0 Å². The van der Waals surface area contributed by atoms with Crippen molar-refractivity contribution in [3.8, 4) is 73.7 Å². The van der Waals surface area contributed by atoms with Crippen molar-refractivity contribution in [1.82, 2.24) is 75.3 Å². The lowest BCUT2D eigenvalue weighted by molar-refractivity contribution is 0.937. The van der Waals surface area contributed by atoms with Crippen LogP contribution in [0.5, 0.6) is 0 Å². The zero-order valence-corrected chi connectivity index (χ0v) is 76.5. The molecular weight excluding hydrogens is 1740 g/mol. The van der Waals surface area contributed by atoms with Crippen molar-refractivity contribution in [2.75, 3.05) is 4.90 Å². The summed E-state index contributed by atoms with van der Waals surface area (Å²) in [4.78, 5) is 37.6. The molecule has 0 aliphatic carbocycles. The molecule has 20 aromatic carbocycles. The Bertz CT molecular complexity index is 9950. The molecule has 668 valence electrons. The fourth-order valence-electron chi connectivity index (χ4n) is 20.6. The van der Waals surface area contributed by atoms with E-state index < -0.39 is 0 Å². The quantitative estimate of drug-likeness (QED) is 0.118. The molecule has 0 unspecified atom stereocenters. The minimum Gasteiger partial charge on any atom is -0.310 e. The lowest BCUT2D eigenvalue weighted by atomic mass is 10.0. The second-order valence-electron chi connectivity index (χ2n) is 35.4. The smallest absolute Gasteiger partial charge is 0.241 e. The molecule has 30 aromatic rings. The topological polar surface area (TPSA) is 136 Å². The van der Waals surface area contributed by atoms with Crippen LogP contribution in [0.25, 0.3) is 218 Å². The first kappa shape index (κ1) is 81.9. The number of aromatic nitrogens is 16. The third-order valence-corrected chi connectivity index (χ3v) is 27.0. The Morgan fingerprint density at radius 2 is 0.451 bits per heavy atom. The summed E-state index contributed by atoms with van der Waals surface area (Å²) in [5.74, 6) is 5.29. The van der Waals surface area contributed by atoms with Crippen LogP contribution in [0.15, 0.2) is 504 Å². The molecule has 0 N–H and O–H groups in total. The van der Waals surface area contributed by atoms with E-state index >= 15 is 0 Å². The zero-order chi connectivity index (χ0) is 93.7. The van der Waals surface area contributed by atoms with Crippen molar-refractivity contribution in [3.63, 3.8) is 0 Å². The van der Waals surface area contributed by atoms with Crippen molar-refractivity contribution in [3.05, 3.63) is 504 Å². The molecule has 10 aromatic heterocycles. The number of rotatable bonds is 12. The molecule has 0 saturated carbocycles. The van der Waals surface area contributed by atoms with E-state index in [9.17, 15) is 0 Å². The van der Waals surface area contributed by atoms with E-state index in [-0.39, 0.29) is 0 Å². The molecular formula is C125H83N17. The zero-order valence-electron chi connectivity index (χ0n) is 76.5. The van der Waals surface area contributed by atoms with Crippen LogP contribution in [0, 0.1) is 0 Å². The molecule has 0 aliphatic heterocycles. The standard InChI is InChI=1S/C37H24N4.C34H22N6.C31H22N4.C23H15N3/c1-3-11-27(12-4-1)39-32-16-8-7-15-29(32)30-23-25(19-21-33(30)39)26-20-22-34-31(24-26)38-37-40(28-13-5-2-6-14-28)35-17-9-10-18-36(35)41(34)37;1-4-12-23(13-5-1)26-20-21-28-27(22-26)35-34-39(28)29-18-10-11-19-30(29)40(34)33-37-31(24-14-6-2-7-15-24)36-32(38-33)25-16-8-3-9-17-25;1-4-12-23(13-5-1)33(24-14-6-2-7-15-24)26-20-21-28-27(22-26)32-31-34(25-16-8-3-9-17-25)29-18-10-11-19-30(29)35(28)31;1-2-10-18(11-3-1)25-20-12-6-7-13-21(20)26-22-15-17-9-5-4-8-16(17)14-19(22)24-23(25)26/h1-24H;1-22H;1-22H;1-15H. The summed E-state index contributed by atoms with van der Waals surface area (Å²) in [6.45, 7) is 0. The van der Waals surface area contributed by atoms with E-state index in [1.54, 1.807) is 0 Å². The minimum atomic E-state index is 0.525. The second-order valence-corrected chi connectivity index (χ2v) is 35.4. The number of nitrogens with zero attached hydrogens (tertiary/aromatic N) is 17. The maximum absolute atomic E-state index is 5.19.